The molecule has 6 heteroatoms. The number of amides is 1. The van der Waals surface area contributed by atoms with Gasteiger partial charge in [-0.2, -0.15) is 5.10 Å². The Bertz CT molecular complexity index is 549. The highest BCUT2D eigenvalue weighted by Crippen LogP contribution is 2.10. The van der Waals surface area contributed by atoms with Crippen LogP contribution in [-0.4, -0.2) is 27.8 Å². The van der Waals surface area contributed by atoms with Crippen LogP contribution in [-0.2, 0) is 0 Å². The van der Waals surface area contributed by atoms with Gasteiger partial charge in [0, 0.05) is 30.0 Å². The molecule has 0 bridgehead atoms. The van der Waals surface area contributed by atoms with Crippen molar-refractivity contribution in [3.8, 4) is 5.69 Å². The smallest absolute Gasteiger partial charge is 0.251 e. The number of halogens is 1. The van der Waals surface area contributed by atoms with E-state index in [9.17, 15) is 4.79 Å². The largest absolute Gasteiger partial charge is 0.346 e. The fraction of sp³-hybridized carbons (Fsp3) is 0.286. The van der Waals surface area contributed by atoms with Crippen LogP contribution in [0.2, 0.25) is 0 Å². The Morgan fingerprint density at radius 3 is 2.50 bits per heavy atom. The van der Waals surface area contributed by atoms with Gasteiger partial charge in [0.15, 0.2) is 0 Å². The van der Waals surface area contributed by atoms with Gasteiger partial charge in [-0.3, -0.25) is 4.79 Å². The minimum Gasteiger partial charge on any atom is -0.346 e. The van der Waals surface area contributed by atoms with Crippen LogP contribution in [0.25, 0.3) is 5.69 Å². The van der Waals surface area contributed by atoms with Gasteiger partial charge in [-0.25, -0.2) is 4.68 Å². The van der Waals surface area contributed by atoms with Crippen LogP contribution in [0.15, 0.2) is 42.7 Å². The van der Waals surface area contributed by atoms with E-state index in [1.807, 2.05) is 38.2 Å². The minimum absolute atomic E-state index is 0. The second-order valence-corrected chi connectivity index (χ2v) is 5.04. The van der Waals surface area contributed by atoms with E-state index in [-0.39, 0.29) is 18.3 Å². The Labute approximate surface area is 124 Å². The molecule has 1 heterocycles. The Balaban J connectivity index is 0.00000200. The van der Waals surface area contributed by atoms with Crippen molar-refractivity contribution in [2.75, 3.05) is 6.54 Å². The zero-order chi connectivity index (χ0) is 13.9. The number of nitrogens with zero attached hydrogens (tertiary/aromatic N) is 2. The predicted octanol–water partition coefficient (Wildman–Crippen LogP) is 1.76. The number of benzene rings is 1. The third-order valence-electron chi connectivity index (χ3n) is 2.86. The molecule has 2 aromatic rings. The highest BCUT2D eigenvalue weighted by molar-refractivity contribution is 5.94. The lowest BCUT2D eigenvalue weighted by Gasteiger charge is -2.24. The van der Waals surface area contributed by atoms with Gasteiger partial charge in [-0.05, 0) is 44.2 Å². The molecule has 108 valence electrons. The van der Waals surface area contributed by atoms with Crippen LogP contribution in [0.4, 0.5) is 0 Å². The molecule has 5 nitrogen and oxygen atoms in total. The van der Waals surface area contributed by atoms with E-state index in [2.05, 4.69) is 10.4 Å². The number of carbonyl (C=O) groups excluding carboxylic acids is 1. The first-order valence-electron chi connectivity index (χ1n) is 6.14. The first-order chi connectivity index (χ1) is 9.02. The predicted molar refractivity (Wildman–Crippen MR) is 81.4 cm³/mol. The van der Waals surface area contributed by atoms with E-state index in [4.69, 9.17) is 5.73 Å². The lowest BCUT2D eigenvalue weighted by molar-refractivity contribution is 0.0915. The number of aromatic nitrogens is 2. The summed E-state index contributed by atoms with van der Waals surface area (Å²) in [4.78, 5) is 12.0. The summed E-state index contributed by atoms with van der Waals surface area (Å²) in [6.45, 7) is 4.18. The summed E-state index contributed by atoms with van der Waals surface area (Å²) in [5.74, 6) is -0.123. The molecule has 0 unspecified atom stereocenters. The van der Waals surface area contributed by atoms with Crippen molar-refractivity contribution in [1.82, 2.24) is 15.1 Å². The summed E-state index contributed by atoms with van der Waals surface area (Å²) < 4.78 is 1.74. The van der Waals surface area contributed by atoms with Crippen LogP contribution in [0.1, 0.15) is 24.2 Å². The lowest BCUT2D eigenvalue weighted by atomic mass is 10.1. The highest BCUT2D eigenvalue weighted by atomic mass is 35.5. The number of rotatable bonds is 4. The highest BCUT2D eigenvalue weighted by Gasteiger charge is 2.19. The SMILES string of the molecule is CC(C)(CN)NC(=O)c1ccc(-n2cccn2)cc1.Cl. The van der Waals surface area contributed by atoms with Gasteiger partial charge in [0.05, 0.1) is 5.69 Å². The van der Waals surface area contributed by atoms with E-state index in [0.717, 1.165) is 5.69 Å². The fourth-order valence-corrected chi connectivity index (χ4v) is 1.62. The summed E-state index contributed by atoms with van der Waals surface area (Å²) in [7, 11) is 0. The molecule has 0 saturated heterocycles. The number of hydrogen-bond donors (Lipinski definition) is 2. The van der Waals surface area contributed by atoms with Crippen LogP contribution < -0.4 is 11.1 Å². The third-order valence-corrected chi connectivity index (χ3v) is 2.86. The van der Waals surface area contributed by atoms with Crippen molar-refractivity contribution in [3.05, 3.63) is 48.3 Å². The topological polar surface area (TPSA) is 72.9 Å². The molecule has 0 atom stereocenters. The van der Waals surface area contributed by atoms with Gasteiger partial charge in [0.2, 0.25) is 0 Å². The van der Waals surface area contributed by atoms with Gasteiger partial charge in [0.25, 0.3) is 5.91 Å². The van der Waals surface area contributed by atoms with Crippen LogP contribution in [0, 0.1) is 0 Å². The van der Waals surface area contributed by atoms with Crippen LogP contribution in [0.3, 0.4) is 0 Å². The second-order valence-electron chi connectivity index (χ2n) is 5.04. The second kappa shape index (κ2) is 6.54. The summed E-state index contributed by atoms with van der Waals surface area (Å²) in [5, 5.41) is 7.02. The van der Waals surface area contributed by atoms with Gasteiger partial charge in [-0.15, -0.1) is 12.4 Å². The first kappa shape index (κ1) is 16.2. The standard InChI is InChI=1S/C14H18N4O.ClH/c1-14(2,10-15)17-13(19)11-4-6-12(7-5-11)18-9-3-8-16-18;/h3-9H,10,15H2,1-2H3,(H,17,19);1H. The monoisotopic (exact) mass is 294 g/mol. The van der Waals surface area contributed by atoms with Crippen molar-refractivity contribution in [2.45, 2.75) is 19.4 Å². The third kappa shape index (κ3) is 3.82. The average Bonchev–Trinajstić information content (AvgIpc) is 2.92. The maximum absolute atomic E-state index is 12.0. The molecule has 20 heavy (non-hydrogen) atoms. The zero-order valence-corrected chi connectivity index (χ0v) is 12.4. The maximum atomic E-state index is 12.0. The summed E-state index contributed by atoms with van der Waals surface area (Å²) >= 11 is 0. The molecule has 2 rings (SSSR count). The zero-order valence-electron chi connectivity index (χ0n) is 11.5. The van der Waals surface area contributed by atoms with Crippen molar-refractivity contribution in [3.63, 3.8) is 0 Å². The molecule has 0 saturated carbocycles. The molecule has 0 aliphatic rings. The molecular formula is C14H19ClN4O. The molecule has 1 aromatic carbocycles. The number of nitrogens with one attached hydrogen (secondary N) is 1. The average molecular weight is 295 g/mol. The Morgan fingerprint density at radius 1 is 1.35 bits per heavy atom. The van der Waals surface area contributed by atoms with Crippen LogP contribution in [0.5, 0.6) is 0 Å². The normalized spacial score (nSPS) is 10.8. The number of hydrogen-bond acceptors (Lipinski definition) is 3. The summed E-state index contributed by atoms with van der Waals surface area (Å²) in [5.41, 5.74) is 6.71. The quantitative estimate of drug-likeness (QED) is 0.902. The fourth-order valence-electron chi connectivity index (χ4n) is 1.62. The van der Waals surface area contributed by atoms with Crippen molar-refractivity contribution < 1.29 is 4.79 Å². The van der Waals surface area contributed by atoms with E-state index < -0.39 is 5.54 Å². The van der Waals surface area contributed by atoms with Gasteiger partial charge < -0.3 is 11.1 Å². The van der Waals surface area contributed by atoms with E-state index in [1.54, 1.807) is 23.0 Å². The molecule has 0 spiro atoms. The first-order valence-corrected chi connectivity index (χ1v) is 6.14. The lowest BCUT2D eigenvalue weighted by Crippen LogP contribution is -2.48. The van der Waals surface area contributed by atoms with Crippen molar-refractivity contribution >= 4 is 18.3 Å². The molecule has 0 aliphatic carbocycles. The van der Waals surface area contributed by atoms with Crippen molar-refractivity contribution in [1.29, 1.82) is 0 Å². The molecule has 0 radical (unpaired) electrons. The van der Waals surface area contributed by atoms with E-state index in [1.165, 1.54) is 0 Å². The van der Waals surface area contributed by atoms with E-state index in [0.29, 0.717) is 12.1 Å². The van der Waals surface area contributed by atoms with Gasteiger partial charge in [0.1, 0.15) is 0 Å². The van der Waals surface area contributed by atoms with Gasteiger partial charge >= 0.3 is 0 Å². The Morgan fingerprint density at radius 2 is 2.00 bits per heavy atom. The summed E-state index contributed by atoms with van der Waals surface area (Å²) in [6, 6.07) is 9.12. The molecular weight excluding hydrogens is 276 g/mol. The number of nitrogens with two attached hydrogens (primary N) is 1. The maximum Gasteiger partial charge on any atom is 0.251 e. The van der Waals surface area contributed by atoms with Gasteiger partial charge in [-0.1, -0.05) is 0 Å². The minimum atomic E-state index is -0.405. The Hall–Kier alpha value is -1.85. The van der Waals surface area contributed by atoms with Crippen LogP contribution >= 0.6 is 12.4 Å². The molecule has 0 aliphatic heterocycles. The molecule has 3 N–H and O–H groups in total. The van der Waals surface area contributed by atoms with E-state index >= 15 is 0 Å². The number of carbonyl (C=O) groups is 1. The van der Waals surface area contributed by atoms with Crippen molar-refractivity contribution in [2.24, 2.45) is 5.73 Å². The molecule has 0 fully saturated rings. The molecule has 1 aromatic heterocycles. The summed E-state index contributed by atoms with van der Waals surface area (Å²) in [6.07, 6.45) is 3.57. The molecule has 1 amide bonds. The Kier molecular flexibility index (Phi) is 5.30.